The van der Waals surface area contributed by atoms with Crippen molar-refractivity contribution >= 4 is 11.6 Å². The first-order valence-electron chi connectivity index (χ1n) is 9.45. The van der Waals surface area contributed by atoms with Crippen LogP contribution in [0.4, 0.5) is 5.69 Å². The summed E-state index contributed by atoms with van der Waals surface area (Å²) in [5.41, 5.74) is 3.82. The van der Waals surface area contributed by atoms with Crippen LogP contribution in [0.1, 0.15) is 63.0 Å². The first-order chi connectivity index (χ1) is 11.1. The van der Waals surface area contributed by atoms with Crippen molar-refractivity contribution in [1.29, 1.82) is 0 Å². The molecule has 0 atom stereocenters. The van der Waals surface area contributed by atoms with Crippen molar-refractivity contribution in [3.05, 3.63) is 29.3 Å². The molecule has 4 bridgehead atoms. The molecule has 4 aliphatic carbocycles. The monoisotopic (exact) mass is 311 g/mol. The highest BCUT2D eigenvalue weighted by Gasteiger charge is 2.51. The summed E-state index contributed by atoms with van der Waals surface area (Å²) in [6.45, 7) is 4.25. The van der Waals surface area contributed by atoms with Gasteiger partial charge in [-0.25, -0.2) is 0 Å². The second kappa shape index (κ2) is 5.65. The second-order valence-corrected chi connectivity index (χ2v) is 8.61. The van der Waals surface area contributed by atoms with Gasteiger partial charge in [0.05, 0.1) is 0 Å². The summed E-state index contributed by atoms with van der Waals surface area (Å²) in [5.74, 6) is 2.99. The van der Waals surface area contributed by atoms with E-state index in [0.717, 1.165) is 36.3 Å². The first kappa shape index (κ1) is 15.2. The van der Waals surface area contributed by atoms with Gasteiger partial charge in [0, 0.05) is 12.1 Å². The molecule has 0 spiro atoms. The number of amides is 1. The first-order valence-corrected chi connectivity index (χ1v) is 9.45. The van der Waals surface area contributed by atoms with E-state index in [1.54, 1.807) is 0 Å². The summed E-state index contributed by atoms with van der Waals surface area (Å²) in [5, 5.41) is 3.27. The van der Waals surface area contributed by atoms with Crippen molar-refractivity contribution in [2.75, 3.05) is 5.32 Å². The molecule has 0 heterocycles. The molecule has 4 aliphatic rings. The normalized spacial score (nSPS) is 34.6. The third-order valence-corrected chi connectivity index (χ3v) is 6.71. The molecule has 124 valence electrons. The standard InChI is InChI=1S/C21H29NO/c1-3-18-6-4-5-14(2)20(18)22-19(23)13-21-10-15-7-16(11-21)9-17(8-15)12-21/h4-6,15-17H,3,7-13H2,1-2H3,(H,22,23). The molecule has 1 aromatic carbocycles. The number of hydrogen-bond acceptors (Lipinski definition) is 1. The molecule has 1 amide bonds. The zero-order chi connectivity index (χ0) is 16.0. The van der Waals surface area contributed by atoms with Gasteiger partial charge in [0.1, 0.15) is 0 Å². The van der Waals surface area contributed by atoms with Crippen molar-refractivity contribution in [2.24, 2.45) is 23.2 Å². The van der Waals surface area contributed by atoms with Crippen molar-refractivity contribution in [1.82, 2.24) is 0 Å². The number of benzene rings is 1. The van der Waals surface area contributed by atoms with Gasteiger partial charge in [-0.15, -0.1) is 0 Å². The lowest BCUT2D eigenvalue weighted by Crippen LogP contribution is -2.47. The maximum absolute atomic E-state index is 12.8. The van der Waals surface area contributed by atoms with Crippen LogP contribution in [0.2, 0.25) is 0 Å². The number of rotatable bonds is 4. The van der Waals surface area contributed by atoms with Crippen molar-refractivity contribution < 1.29 is 4.79 Å². The Hall–Kier alpha value is -1.31. The zero-order valence-corrected chi connectivity index (χ0v) is 14.5. The minimum Gasteiger partial charge on any atom is -0.326 e. The molecule has 23 heavy (non-hydrogen) atoms. The molecule has 4 saturated carbocycles. The summed E-state index contributed by atoms with van der Waals surface area (Å²) in [7, 11) is 0. The van der Waals surface area contributed by atoms with Crippen LogP contribution in [-0.4, -0.2) is 5.91 Å². The Morgan fingerprint density at radius 3 is 2.30 bits per heavy atom. The largest absolute Gasteiger partial charge is 0.326 e. The van der Waals surface area contributed by atoms with Gasteiger partial charge in [0.2, 0.25) is 5.91 Å². The quantitative estimate of drug-likeness (QED) is 0.823. The van der Waals surface area contributed by atoms with Crippen LogP contribution in [0.5, 0.6) is 0 Å². The zero-order valence-electron chi connectivity index (χ0n) is 14.5. The lowest BCUT2D eigenvalue weighted by Gasteiger charge is -2.56. The minimum atomic E-state index is 0.246. The molecule has 0 radical (unpaired) electrons. The Labute approximate surface area is 140 Å². The fourth-order valence-electron chi connectivity index (χ4n) is 6.23. The van der Waals surface area contributed by atoms with Gasteiger partial charge in [-0.3, -0.25) is 4.79 Å². The fourth-order valence-corrected chi connectivity index (χ4v) is 6.23. The van der Waals surface area contributed by atoms with Gasteiger partial charge >= 0.3 is 0 Å². The van der Waals surface area contributed by atoms with E-state index >= 15 is 0 Å². The van der Waals surface area contributed by atoms with E-state index < -0.39 is 0 Å². The summed E-state index contributed by atoms with van der Waals surface area (Å²) in [4.78, 5) is 12.8. The Morgan fingerprint density at radius 1 is 1.13 bits per heavy atom. The van der Waals surface area contributed by atoms with E-state index in [1.165, 1.54) is 49.7 Å². The second-order valence-electron chi connectivity index (χ2n) is 8.61. The van der Waals surface area contributed by atoms with Crippen LogP contribution in [0, 0.1) is 30.1 Å². The number of para-hydroxylation sites is 1. The van der Waals surface area contributed by atoms with Gasteiger partial charge in [-0.1, -0.05) is 25.1 Å². The molecule has 2 heteroatoms. The van der Waals surface area contributed by atoms with Crippen LogP contribution >= 0.6 is 0 Å². The fraction of sp³-hybridized carbons (Fsp3) is 0.667. The SMILES string of the molecule is CCc1cccc(C)c1NC(=O)CC12CC3CC(CC(C3)C1)C2. The average molecular weight is 311 g/mol. The van der Waals surface area contributed by atoms with Gasteiger partial charge in [0.25, 0.3) is 0 Å². The summed E-state index contributed by atoms with van der Waals surface area (Å²) >= 11 is 0. The predicted octanol–water partition coefficient (Wildman–Crippen LogP) is 5.10. The summed E-state index contributed by atoms with van der Waals surface area (Å²) in [6, 6.07) is 6.32. The molecule has 5 rings (SSSR count). The maximum Gasteiger partial charge on any atom is 0.224 e. The van der Waals surface area contributed by atoms with Gasteiger partial charge in [0.15, 0.2) is 0 Å². The summed E-state index contributed by atoms with van der Waals surface area (Å²) < 4.78 is 0. The lowest BCUT2D eigenvalue weighted by atomic mass is 9.49. The highest BCUT2D eigenvalue weighted by atomic mass is 16.1. The molecule has 0 unspecified atom stereocenters. The van der Waals surface area contributed by atoms with Crippen LogP contribution in [0.3, 0.4) is 0 Å². The molecular weight excluding hydrogens is 282 g/mol. The Morgan fingerprint density at radius 2 is 1.74 bits per heavy atom. The molecule has 0 aliphatic heterocycles. The number of carbonyl (C=O) groups is 1. The minimum absolute atomic E-state index is 0.246. The number of anilines is 1. The van der Waals surface area contributed by atoms with Crippen molar-refractivity contribution in [3.63, 3.8) is 0 Å². The molecule has 0 aromatic heterocycles. The molecule has 1 aromatic rings. The van der Waals surface area contributed by atoms with E-state index in [1.807, 2.05) is 0 Å². The molecule has 0 saturated heterocycles. The summed E-state index contributed by atoms with van der Waals surface area (Å²) in [6.07, 6.45) is 9.96. The predicted molar refractivity (Wildman–Crippen MR) is 94.4 cm³/mol. The smallest absolute Gasteiger partial charge is 0.224 e. The number of carbonyl (C=O) groups excluding carboxylic acids is 1. The Bertz CT molecular complexity index is 583. The topological polar surface area (TPSA) is 29.1 Å². The third kappa shape index (κ3) is 2.81. The third-order valence-electron chi connectivity index (χ3n) is 6.71. The van der Waals surface area contributed by atoms with Gasteiger partial charge in [-0.2, -0.15) is 0 Å². The molecule has 1 N–H and O–H groups in total. The number of hydrogen-bond donors (Lipinski definition) is 1. The highest BCUT2D eigenvalue weighted by Crippen LogP contribution is 2.61. The van der Waals surface area contributed by atoms with E-state index in [9.17, 15) is 4.79 Å². The van der Waals surface area contributed by atoms with Crippen LogP contribution in [0.25, 0.3) is 0 Å². The number of nitrogens with one attached hydrogen (secondary N) is 1. The molecule has 2 nitrogen and oxygen atoms in total. The number of aryl methyl sites for hydroxylation is 2. The van der Waals surface area contributed by atoms with Crippen LogP contribution in [-0.2, 0) is 11.2 Å². The highest BCUT2D eigenvalue weighted by molar-refractivity contribution is 5.92. The van der Waals surface area contributed by atoms with Crippen molar-refractivity contribution in [3.8, 4) is 0 Å². The van der Waals surface area contributed by atoms with E-state index in [-0.39, 0.29) is 5.91 Å². The Kier molecular flexibility index (Phi) is 3.74. The van der Waals surface area contributed by atoms with E-state index in [4.69, 9.17) is 0 Å². The average Bonchev–Trinajstić information content (AvgIpc) is 2.47. The van der Waals surface area contributed by atoms with Crippen LogP contribution in [0.15, 0.2) is 18.2 Å². The van der Waals surface area contributed by atoms with E-state index in [2.05, 4.69) is 37.4 Å². The van der Waals surface area contributed by atoms with Crippen LogP contribution < -0.4 is 5.32 Å². The Balaban J connectivity index is 1.49. The van der Waals surface area contributed by atoms with Gasteiger partial charge < -0.3 is 5.32 Å². The van der Waals surface area contributed by atoms with E-state index in [0.29, 0.717) is 5.41 Å². The maximum atomic E-state index is 12.8. The lowest BCUT2D eigenvalue weighted by molar-refractivity contribution is -0.124. The van der Waals surface area contributed by atoms with Gasteiger partial charge in [-0.05, 0) is 86.2 Å². The van der Waals surface area contributed by atoms with Crippen molar-refractivity contribution in [2.45, 2.75) is 65.2 Å². The molecule has 4 fully saturated rings. The molecular formula is C21H29NO.